The zero-order valence-electron chi connectivity index (χ0n) is 56.5. The van der Waals surface area contributed by atoms with E-state index in [1.54, 1.807) is 148 Å². The van der Waals surface area contributed by atoms with Gasteiger partial charge in [0, 0.05) is 158 Å². The first-order valence-corrected chi connectivity index (χ1v) is 38.8. The predicted octanol–water partition coefficient (Wildman–Crippen LogP) is 24.3. The van der Waals surface area contributed by atoms with Gasteiger partial charge in [0.25, 0.3) is 23.6 Å². The lowest BCUT2D eigenvalue weighted by Crippen LogP contribution is -2.14. The van der Waals surface area contributed by atoms with E-state index in [0.717, 1.165) is 66.7 Å². The fraction of sp³-hybridized carbons (Fsp3) is 0.0513. The zero-order chi connectivity index (χ0) is 78.7. The summed E-state index contributed by atoms with van der Waals surface area (Å²) in [6, 6.07) is 47.5. The number of fused-ring (bicyclic) bond motifs is 1. The molecule has 0 spiro atoms. The molecule has 8 aromatic carbocycles. The Balaban J connectivity index is 0.000000155. The van der Waals surface area contributed by atoms with Gasteiger partial charge in [-0.15, -0.1) is 56.7 Å². The number of halogens is 8. The Labute approximate surface area is 681 Å². The molecule has 5 aromatic heterocycles. The Morgan fingerprint density at radius 1 is 0.358 bits per heavy atom. The summed E-state index contributed by atoms with van der Waals surface area (Å²) in [5, 5.41) is 62.9. The lowest BCUT2D eigenvalue weighted by Gasteiger charge is -2.12. The highest BCUT2D eigenvalue weighted by molar-refractivity contribution is 7.18. The number of carbonyl (C=O) groups is 8. The van der Waals surface area contributed by atoms with Gasteiger partial charge in [0.1, 0.15) is 48.0 Å². The summed E-state index contributed by atoms with van der Waals surface area (Å²) in [7, 11) is 5.34. The third-order valence-corrected chi connectivity index (χ3v) is 22.6. The molecule has 109 heavy (non-hydrogen) atoms. The van der Waals surface area contributed by atoms with Crippen LogP contribution in [-0.4, -0.2) is 89.1 Å². The molecule has 0 bridgehead atoms. The van der Waals surface area contributed by atoms with Gasteiger partial charge < -0.3 is 51.3 Å². The molecule has 0 unspecified atom stereocenters. The summed E-state index contributed by atoms with van der Waals surface area (Å²) in [6.45, 7) is 1.88. The van der Waals surface area contributed by atoms with Crippen molar-refractivity contribution < 1.29 is 63.5 Å². The third kappa shape index (κ3) is 19.8. The number of methoxy groups -OCH3 is 1. The van der Waals surface area contributed by atoms with Gasteiger partial charge in [0.2, 0.25) is 0 Å². The van der Waals surface area contributed by atoms with Crippen LogP contribution >= 0.6 is 149 Å². The lowest BCUT2D eigenvalue weighted by molar-refractivity contribution is 0.0688. The predicted molar refractivity (Wildman–Crippen MR) is 446 cm³/mol. The zero-order valence-corrected chi connectivity index (χ0v) is 66.7. The standard InChI is InChI=1S/C20H16Cl2N2O3S.C20H11Cl2NO3S2.C19H13Cl2NO4S.C19H13Cl2NO3S/c1-24(2)13-6-3-11(4-7-13)18(25)23-19-17(20(26)27)15(10-28-19)14-8-5-12(21)9-16(14)22;21-10-5-6-11(15(22)7-10)13-8-28-19(17(13)20(25)26)23-18(24)14-9-27-16-4-2-1-3-12(14)16;1-26-12-5-2-10(3-6-12)17(23)22-18-16(19(24)25)14(9-27-18)13-7-4-11(20)8-15(13)21;1-10-3-2-4-11(7-10)17(23)22-18-16(19(24)25)14(9-26-18)13-6-5-12(20)8-15(13)21/h3-10H,1-2H3,(H,23,25)(H,26,27);1-9H,(H,23,24)(H,25,26);2-9H,1H3,(H,22,23)(H,24,25);2-9H,1H3,(H,22,23)(H,24,25). The topological polar surface area (TPSA) is 278 Å². The van der Waals surface area contributed by atoms with Crippen LogP contribution < -0.4 is 30.9 Å². The van der Waals surface area contributed by atoms with Crippen LogP contribution in [0.3, 0.4) is 0 Å². The highest BCUT2D eigenvalue weighted by atomic mass is 35.5. The molecule has 31 heteroatoms. The number of nitrogens with one attached hydrogen (secondary N) is 4. The second-order valence-electron chi connectivity index (χ2n) is 23.1. The molecule has 0 aliphatic heterocycles. The summed E-state index contributed by atoms with van der Waals surface area (Å²) < 4.78 is 6.05. The molecule has 0 aliphatic carbocycles. The molecule has 0 atom stereocenters. The van der Waals surface area contributed by atoms with E-state index in [-0.39, 0.29) is 60.0 Å². The number of benzene rings is 8. The van der Waals surface area contributed by atoms with Crippen LogP contribution in [0.4, 0.5) is 25.7 Å². The molecule has 4 amide bonds. The van der Waals surface area contributed by atoms with E-state index in [9.17, 15) is 58.8 Å². The summed E-state index contributed by atoms with van der Waals surface area (Å²) in [4.78, 5) is 99.6. The average molecular weight is 1710 g/mol. The normalized spacial score (nSPS) is 10.6. The minimum Gasteiger partial charge on any atom is -0.497 e. The molecule has 5 heterocycles. The Hall–Kier alpha value is -9.80. The van der Waals surface area contributed by atoms with Crippen LogP contribution in [0.1, 0.15) is 88.4 Å². The van der Waals surface area contributed by atoms with Crippen molar-refractivity contribution in [3.63, 3.8) is 0 Å². The van der Waals surface area contributed by atoms with Crippen LogP contribution in [0.15, 0.2) is 197 Å². The molecule has 13 aromatic rings. The molecule has 0 saturated heterocycles. The lowest BCUT2D eigenvalue weighted by atomic mass is 10.0. The minimum absolute atomic E-state index is 0.000209. The highest BCUT2D eigenvalue weighted by Crippen LogP contribution is 2.45. The van der Waals surface area contributed by atoms with E-state index < -0.39 is 29.8 Å². The number of ether oxygens (including phenoxy) is 1. The number of thiophene rings is 5. The number of anilines is 5. The van der Waals surface area contributed by atoms with Gasteiger partial charge in [0.15, 0.2) is 0 Å². The van der Waals surface area contributed by atoms with Crippen molar-refractivity contribution in [2.45, 2.75) is 6.92 Å². The maximum absolute atomic E-state index is 12.8. The molecule has 0 fully saturated rings. The van der Waals surface area contributed by atoms with Crippen molar-refractivity contribution in [3.05, 3.63) is 287 Å². The Kier molecular flexibility index (Phi) is 27.4. The van der Waals surface area contributed by atoms with Gasteiger partial charge >= 0.3 is 23.9 Å². The smallest absolute Gasteiger partial charge is 0.339 e. The van der Waals surface area contributed by atoms with Gasteiger partial charge in [-0.2, -0.15) is 0 Å². The second kappa shape index (κ2) is 36.6. The van der Waals surface area contributed by atoms with Gasteiger partial charge in [-0.05, 0) is 122 Å². The molecule has 18 nitrogen and oxygen atoms in total. The van der Waals surface area contributed by atoms with E-state index in [2.05, 4.69) is 21.3 Å². The van der Waals surface area contributed by atoms with Crippen LogP contribution in [0.5, 0.6) is 5.75 Å². The van der Waals surface area contributed by atoms with Crippen LogP contribution in [0, 0.1) is 6.92 Å². The van der Waals surface area contributed by atoms with E-state index in [1.807, 2.05) is 68.4 Å². The molecule has 554 valence electrons. The molecule has 13 rings (SSSR count). The number of hydrogen-bond donors (Lipinski definition) is 8. The van der Waals surface area contributed by atoms with E-state index in [4.69, 9.17) is 97.5 Å². The summed E-state index contributed by atoms with van der Waals surface area (Å²) in [5.74, 6) is -5.52. The number of amides is 4. The van der Waals surface area contributed by atoms with Crippen molar-refractivity contribution in [1.29, 1.82) is 0 Å². The first kappa shape index (κ1) is 81.7. The summed E-state index contributed by atoms with van der Waals surface area (Å²) in [6.07, 6.45) is 0. The van der Waals surface area contributed by atoms with Crippen LogP contribution in [0.2, 0.25) is 40.2 Å². The van der Waals surface area contributed by atoms with Crippen molar-refractivity contribution in [1.82, 2.24) is 0 Å². The second-order valence-corrected chi connectivity index (χ2v) is 30.9. The Morgan fingerprint density at radius 2 is 0.697 bits per heavy atom. The summed E-state index contributed by atoms with van der Waals surface area (Å²) >= 11 is 54.5. The maximum Gasteiger partial charge on any atom is 0.339 e. The third-order valence-electron chi connectivity index (χ3n) is 15.8. The Bertz CT molecular complexity index is 5680. The van der Waals surface area contributed by atoms with Gasteiger partial charge in [0.05, 0.1) is 12.7 Å². The number of aromatic carboxylic acids is 4. The van der Waals surface area contributed by atoms with Crippen molar-refractivity contribution in [3.8, 4) is 50.3 Å². The maximum atomic E-state index is 12.8. The molecule has 0 radical (unpaired) electrons. The average Bonchev–Trinajstić information content (AvgIpc) is 1.68. The number of rotatable bonds is 18. The number of aryl methyl sites for hydroxylation is 1. The molecular weight excluding hydrogens is 1660 g/mol. The van der Waals surface area contributed by atoms with E-state index in [1.165, 1.54) is 24.5 Å². The fourth-order valence-electron chi connectivity index (χ4n) is 10.6. The van der Waals surface area contributed by atoms with E-state index >= 15 is 0 Å². The van der Waals surface area contributed by atoms with Crippen molar-refractivity contribution >= 4 is 233 Å². The van der Waals surface area contributed by atoms with Crippen LogP contribution in [-0.2, 0) is 0 Å². The van der Waals surface area contributed by atoms with Gasteiger partial charge in [-0.3, -0.25) is 19.2 Å². The largest absolute Gasteiger partial charge is 0.497 e. The number of nitrogens with zero attached hydrogens (tertiary/aromatic N) is 1. The fourth-order valence-corrected chi connectivity index (χ4v) is 17.3. The minimum atomic E-state index is -1.16. The van der Waals surface area contributed by atoms with Gasteiger partial charge in [-0.25, -0.2) is 19.2 Å². The number of carboxylic acids is 4. The highest BCUT2D eigenvalue weighted by Gasteiger charge is 2.28. The number of hydrogen-bond acceptors (Lipinski definition) is 15. The molecule has 0 aliphatic rings. The molecular formula is C78H53Cl8N5O13S5. The van der Waals surface area contributed by atoms with Crippen molar-refractivity contribution in [2.24, 2.45) is 0 Å². The Morgan fingerprint density at radius 3 is 1.03 bits per heavy atom. The van der Waals surface area contributed by atoms with E-state index in [0.29, 0.717) is 113 Å². The molecule has 8 N–H and O–H groups in total. The van der Waals surface area contributed by atoms with Crippen LogP contribution in [0.25, 0.3) is 54.6 Å². The van der Waals surface area contributed by atoms with Gasteiger partial charge in [-0.1, -0.05) is 153 Å². The quantitative estimate of drug-likeness (QED) is 0.0397. The van der Waals surface area contributed by atoms with Crippen molar-refractivity contribution in [2.75, 3.05) is 47.4 Å². The number of carbonyl (C=O) groups excluding carboxylic acids is 4. The first-order chi connectivity index (χ1) is 52.0. The monoisotopic (exact) mass is 1710 g/mol. The molecule has 0 saturated carbocycles. The summed E-state index contributed by atoms with van der Waals surface area (Å²) in [5.41, 5.74) is 7.52. The SMILES string of the molecule is CN(C)c1ccc(C(=O)Nc2scc(-c3ccc(Cl)cc3Cl)c2C(=O)O)cc1.COc1ccc(C(=O)Nc2scc(-c3ccc(Cl)cc3Cl)c2C(=O)O)cc1.Cc1cccc(C(=O)Nc2scc(-c3ccc(Cl)cc3Cl)c2C(=O)O)c1.O=C(O)c1c(-c2ccc(Cl)cc2Cl)csc1NC(=O)c1csc2ccccc12. The first-order valence-electron chi connectivity index (χ1n) is 31.4. The number of carboxylic acid groups (broad SMARTS) is 4.